The van der Waals surface area contributed by atoms with E-state index in [0.717, 1.165) is 12.3 Å². The molecule has 0 bridgehead atoms. The van der Waals surface area contributed by atoms with Gasteiger partial charge in [-0.15, -0.1) is 0 Å². The maximum absolute atomic E-state index is 12.9. The van der Waals surface area contributed by atoms with E-state index < -0.39 is 25.0 Å². The molecular formula is C17H27N5O6S2. The molecule has 0 aromatic heterocycles. The first-order valence-corrected chi connectivity index (χ1v) is 13.0. The number of piperazine rings is 1. The number of nitro groups is 1. The molecule has 0 atom stereocenters. The normalized spacial score (nSPS) is 20.9. The van der Waals surface area contributed by atoms with Crippen molar-refractivity contribution in [3.05, 3.63) is 28.3 Å². The number of rotatable bonds is 6. The zero-order chi connectivity index (χ0) is 22.1. The minimum atomic E-state index is -3.81. The van der Waals surface area contributed by atoms with Crippen LogP contribution in [0.1, 0.15) is 12.8 Å². The molecule has 2 fully saturated rings. The van der Waals surface area contributed by atoms with Crippen molar-refractivity contribution in [1.29, 1.82) is 0 Å². The molecule has 0 radical (unpaired) electrons. The van der Waals surface area contributed by atoms with Gasteiger partial charge in [0, 0.05) is 51.4 Å². The molecule has 168 valence electrons. The highest BCUT2D eigenvalue weighted by Crippen LogP contribution is 2.31. The Morgan fingerprint density at radius 2 is 1.60 bits per heavy atom. The van der Waals surface area contributed by atoms with Crippen molar-refractivity contribution in [1.82, 2.24) is 13.5 Å². The average molecular weight is 462 g/mol. The lowest BCUT2D eigenvalue weighted by Crippen LogP contribution is -2.47. The van der Waals surface area contributed by atoms with Crippen molar-refractivity contribution >= 4 is 31.4 Å². The van der Waals surface area contributed by atoms with Crippen molar-refractivity contribution in [2.45, 2.75) is 23.8 Å². The van der Waals surface area contributed by atoms with Gasteiger partial charge in [-0.2, -0.15) is 4.31 Å². The number of anilines is 1. The summed E-state index contributed by atoms with van der Waals surface area (Å²) in [5.41, 5.74) is -0.0779. The summed E-state index contributed by atoms with van der Waals surface area (Å²) in [6, 6.07) is 3.77. The summed E-state index contributed by atoms with van der Waals surface area (Å²) in [5.74, 6) is 0. The van der Waals surface area contributed by atoms with Crippen LogP contribution in [0.4, 0.5) is 11.4 Å². The number of nitrogens with zero attached hydrogens (tertiary/aromatic N) is 4. The molecule has 2 heterocycles. The predicted octanol–water partition coefficient (Wildman–Crippen LogP) is 0.367. The van der Waals surface area contributed by atoms with Gasteiger partial charge in [0.05, 0.1) is 16.1 Å². The molecule has 0 aliphatic carbocycles. The third-order valence-electron chi connectivity index (χ3n) is 5.55. The number of nitrogens with one attached hydrogen (secondary N) is 1. The second-order valence-electron chi connectivity index (χ2n) is 7.72. The third-order valence-corrected chi connectivity index (χ3v) is 8.75. The molecule has 1 N–H and O–H groups in total. The van der Waals surface area contributed by atoms with Crippen LogP contribution in [0.3, 0.4) is 0 Å². The zero-order valence-corrected chi connectivity index (χ0v) is 18.7. The van der Waals surface area contributed by atoms with Crippen molar-refractivity contribution in [2.75, 3.05) is 57.9 Å². The average Bonchev–Trinajstić information content (AvgIpc) is 2.68. The largest absolute Gasteiger partial charge is 0.377 e. The Bertz CT molecular complexity index is 997. The van der Waals surface area contributed by atoms with Gasteiger partial charge in [0.2, 0.25) is 20.0 Å². The monoisotopic (exact) mass is 461 g/mol. The molecule has 1 aromatic rings. The van der Waals surface area contributed by atoms with E-state index in [4.69, 9.17) is 0 Å². The summed E-state index contributed by atoms with van der Waals surface area (Å²) in [7, 11) is -5.16. The fourth-order valence-electron chi connectivity index (χ4n) is 3.67. The highest BCUT2D eigenvalue weighted by molar-refractivity contribution is 7.89. The molecule has 0 saturated carbocycles. The molecule has 3 rings (SSSR count). The number of piperidine rings is 1. The van der Waals surface area contributed by atoms with Crippen LogP contribution in [0.2, 0.25) is 0 Å². The molecular weight excluding hydrogens is 434 g/mol. The SMILES string of the molecule is CN1CCN(S(=O)(=O)c2ccc(NC3CCN(S(C)(=O)=O)CC3)c([N+](=O)[O-])c2)CC1. The molecule has 13 heteroatoms. The van der Waals surface area contributed by atoms with Gasteiger partial charge in [0.1, 0.15) is 5.69 Å². The van der Waals surface area contributed by atoms with E-state index in [0.29, 0.717) is 52.1 Å². The Kier molecular flexibility index (Phi) is 6.67. The molecule has 0 spiro atoms. The lowest BCUT2D eigenvalue weighted by Gasteiger charge is -2.32. The van der Waals surface area contributed by atoms with Gasteiger partial charge in [-0.05, 0) is 32.0 Å². The van der Waals surface area contributed by atoms with Crippen LogP contribution in [-0.2, 0) is 20.0 Å². The number of hydrogen-bond donors (Lipinski definition) is 1. The summed E-state index contributed by atoms with van der Waals surface area (Å²) in [6.07, 6.45) is 2.17. The van der Waals surface area contributed by atoms with E-state index in [1.807, 2.05) is 11.9 Å². The summed E-state index contributed by atoms with van der Waals surface area (Å²) >= 11 is 0. The van der Waals surface area contributed by atoms with Crippen LogP contribution in [0.25, 0.3) is 0 Å². The van der Waals surface area contributed by atoms with Gasteiger partial charge in [0.25, 0.3) is 5.69 Å². The Morgan fingerprint density at radius 1 is 1.00 bits per heavy atom. The topological polar surface area (TPSA) is 133 Å². The maximum Gasteiger partial charge on any atom is 0.293 e. The van der Waals surface area contributed by atoms with Crippen LogP contribution in [-0.4, -0.2) is 93.9 Å². The Morgan fingerprint density at radius 3 is 2.13 bits per heavy atom. The van der Waals surface area contributed by atoms with E-state index in [1.54, 1.807) is 0 Å². The van der Waals surface area contributed by atoms with Gasteiger partial charge in [0.15, 0.2) is 0 Å². The van der Waals surface area contributed by atoms with Crippen LogP contribution >= 0.6 is 0 Å². The van der Waals surface area contributed by atoms with E-state index >= 15 is 0 Å². The first-order chi connectivity index (χ1) is 14.0. The predicted molar refractivity (Wildman–Crippen MR) is 112 cm³/mol. The molecule has 2 aliphatic rings. The highest BCUT2D eigenvalue weighted by atomic mass is 32.2. The number of hydrogen-bond acceptors (Lipinski definition) is 8. The fourth-order valence-corrected chi connectivity index (χ4v) is 5.99. The molecule has 2 saturated heterocycles. The highest BCUT2D eigenvalue weighted by Gasteiger charge is 2.31. The molecule has 1 aromatic carbocycles. The number of nitro benzene ring substituents is 1. The van der Waals surface area contributed by atoms with Crippen molar-refractivity contribution in [3.63, 3.8) is 0 Å². The van der Waals surface area contributed by atoms with Crippen molar-refractivity contribution < 1.29 is 21.8 Å². The van der Waals surface area contributed by atoms with E-state index in [2.05, 4.69) is 5.32 Å². The lowest BCUT2D eigenvalue weighted by molar-refractivity contribution is -0.384. The second-order valence-corrected chi connectivity index (χ2v) is 11.6. The summed E-state index contributed by atoms with van der Waals surface area (Å²) in [5, 5.41) is 14.7. The Balaban J connectivity index is 1.77. The van der Waals surface area contributed by atoms with Gasteiger partial charge < -0.3 is 10.2 Å². The number of sulfonamides is 2. The van der Waals surface area contributed by atoms with E-state index in [1.165, 1.54) is 20.7 Å². The number of likely N-dealkylation sites (N-methyl/N-ethyl adjacent to an activating group) is 1. The first-order valence-electron chi connectivity index (χ1n) is 9.67. The summed E-state index contributed by atoms with van der Waals surface area (Å²) < 4.78 is 51.8. The Hall–Kier alpha value is -1.80. The van der Waals surface area contributed by atoms with Crippen LogP contribution in [0.5, 0.6) is 0 Å². The maximum atomic E-state index is 12.9. The molecule has 0 unspecified atom stereocenters. The van der Waals surface area contributed by atoms with Crippen LogP contribution in [0.15, 0.2) is 23.1 Å². The first kappa shape index (κ1) is 22.9. The quantitative estimate of drug-likeness (QED) is 0.474. The van der Waals surface area contributed by atoms with Crippen LogP contribution in [0, 0.1) is 10.1 Å². The third kappa shape index (κ3) is 5.09. The van der Waals surface area contributed by atoms with Gasteiger partial charge in [-0.25, -0.2) is 21.1 Å². The van der Waals surface area contributed by atoms with Gasteiger partial charge in [-0.3, -0.25) is 10.1 Å². The molecule has 0 amide bonds. The van der Waals surface area contributed by atoms with E-state index in [-0.39, 0.29) is 22.3 Å². The van der Waals surface area contributed by atoms with Gasteiger partial charge in [-0.1, -0.05) is 0 Å². The lowest BCUT2D eigenvalue weighted by atomic mass is 10.1. The number of benzene rings is 1. The minimum absolute atomic E-state index is 0.101. The molecule has 11 nitrogen and oxygen atoms in total. The standard InChI is InChI=1S/C17H27N5O6S2/c1-19-9-11-21(12-10-19)30(27,28)15-3-4-16(17(13-15)22(23)24)18-14-5-7-20(8-6-14)29(2,25)26/h3-4,13-14,18H,5-12H2,1-2H3. The van der Waals surface area contributed by atoms with E-state index in [9.17, 15) is 26.9 Å². The minimum Gasteiger partial charge on any atom is -0.377 e. The smallest absolute Gasteiger partial charge is 0.293 e. The van der Waals surface area contributed by atoms with Crippen molar-refractivity contribution in [2.24, 2.45) is 0 Å². The summed E-state index contributed by atoms with van der Waals surface area (Å²) in [4.78, 5) is 12.9. The second kappa shape index (κ2) is 8.75. The van der Waals surface area contributed by atoms with Gasteiger partial charge >= 0.3 is 0 Å². The zero-order valence-electron chi connectivity index (χ0n) is 17.0. The summed E-state index contributed by atoms with van der Waals surface area (Å²) in [6.45, 7) is 2.55. The molecule has 30 heavy (non-hydrogen) atoms. The van der Waals surface area contributed by atoms with Crippen molar-refractivity contribution in [3.8, 4) is 0 Å². The fraction of sp³-hybridized carbons (Fsp3) is 0.647. The molecule has 2 aliphatic heterocycles. The van der Waals surface area contributed by atoms with Crippen LogP contribution < -0.4 is 5.32 Å². The Labute approximate surface area is 176 Å².